The molecule has 0 radical (unpaired) electrons. The maximum Gasteiger partial charge on any atom is 0.231 e. The van der Waals surface area contributed by atoms with E-state index in [9.17, 15) is 4.79 Å². The Hall–Kier alpha value is -2.18. The van der Waals surface area contributed by atoms with Crippen LogP contribution in [0, 0.1) is 0 Å². The molecule has 0 unspecified atom stereocenters. The molecule has 2 aromatic carbocycles. The zero-order valence-electron chi connectivity index (χ0n) is 15.8. The van der Waals surface area contributed by atoms with Crippen LogP contribution in [0.4, 0.5) is 0 Å². The largest absolute Gasteiger partial charge is 0.492 e. The number of ether oxygens (including phenoxy) is 3. The second-order valence-electron chi connectivity index (χ2n) is 6.82. The number of fused-ring (bicyclic) bond motifs is 2. The van der Waals surface area contributed by atoms with E-state index in [-0.39, 0.29) is 18.6 Å². The lowest BCUT2D eigenvalue weighted by Gasteiger charge is -2.35. The summed E-state index contributed by atoms with van der Waals surface area (Å²) in [5.41, 5.74) is 2.96. The third-order valence-corrected chi connectivity index (χ3v) is 6.08. The van der Waals surface area contributed by atoms with E-state index in [1.807, 2.05) is 36.6 Å². The van der Waals surface area contributed by atoms with Crippen LogP contribution < -0.4 is 14.2 Å². The molecule has 0 aromatic heterocycles. The lowest BCUT2D eigenvalue weighted by molar-refractivity contribution is 0.0925. The van der Waals surface area contributed by atoms with Crippen molar-refractivity contribution in [3.05, 3.63) is 47.0 Å². The molecule has 2 aliphatic rings. The van der Waals surface area contributed by atoms with Crippen LogP contribution in [0.2, 0.25) is 0 Å². The van der Waals surface area contributed by atoms with Gasteiger partial charge in [-0.3, -0.25) is 9.69 Å². The van der Waals surface area contributed by atoms with Gasteiger partial charge in [0, 0.05) is 35.0 Å². The summed E-state index contributed by atoms with van der Waals surface area (Å²) in [7, 11) is 3.70. The van der Waals surface area contributed by atoms with Gasteiger partial charge in [0.25, 0.3) is 0 Å². The van der Waals surface area contributed by atoms with Crippen molar-refractivity contribution in [1.29, 1.82) is 0 Å². The van der Waals surface area contributed by atoms with E-state index in [1.165, 1.54) is 5.56 Å². The van der Waals surface area contributed by atoms with Gasteiger partial charge in [-0.15, -0.1) is 11.8 Å². The molecule has 0 spiro atoms. The minimum Gasteiger partial charge on any atom is -0.492 e. The van der Waals surface area contributed by atoms with E-state index in [0.717, 1.165) is 34.7 Å². The van der Waals surface area contributed by atoms with E-state index in [1.54, 1.807) is 18.9 Å². The summed E-state index contributed by atoms with van der Waals surface area (Å²) in [5.74, 6) is 2.20. The second kappa shape index (κ2) is 7.44. The van der Waals surface area contributed by atoms with Gasteiger partial charge in [0.1, 0.15) is 0 Å². The molecule has 0 saturated heterocycles. The number of carbonyl (C=O) groups excluding carboxylic acids is 1. The Kier molecular flexibility index (Phi) is 5.02. The molecule has 1 atom stereocenters. The number of nitrogens with zero attached hydrogens (tertiary/aromatic N) is 1. The van der Waals surface area contributed by atoms with Crippen molar-refractivity contribution in [1.82, 2.24) is 4.90 Å². The summed E-state index contributed by atoms with van der Waals surface area (Å²) >= 11 is 1.67. The Morgan fingerprint density at radius 3 is 2.78 bits per heavy atom. The zero-order chi connectivity index (χ0) is 19.0. The lowest BCUT2D eigenvalue weighted by Crippen LogP contribution is -2.34. The number of rotatable bonds is 5. The van der Waals surface area contributed by atoms with Crippen LogP contribution in [-0.2, 0) is 6.42 Å². The fourth-order valence-electron chi connectivity index (χ4n) is 3.85. The van der Waals surface area contributed by atoms with Crippen molar-refractivity contribution in [3.8, 4) is 17.2 Å². The van der Waals surface area contributed by atoms with Gasteiger partial charge in [-0.25, -0.2) is 0 Å². The number of hydrogen-bond acceptors (Lipinski definition) is 6. The summed E-state index contributed by atoms with van der Waals surface area (Å²) in [6.07, 6.45) is 3.32. The quantitative estimate of drug-likeness (QED) is 0.574. The highest BCUT2D eigenvalue weighted by molar-refractivity contribution is 7.98. The maximum atomic E-state index is 13.0. The average molecular weight is 385 g/mol. The van der Waals surface area contributed by atoms with Crippen LogP contribution in [0.3, 0.4) is 0 Å². The lowest BCUT2D eigenvalue weighted by atomic mass is 9.87. The van der Waals surface area contributed by atoms with Gasteiger partial charge < -0.3 is 14.2 Å². The van der Waals surface area contributed by atoms with E-state index in [0.29, 0.717) is 17.9 Å². The normalized spacial score (nSPS) is 18.3. The molecule has 5 nitrogen and oxygen atoms in total. The Labute approximate surface area is 163 Å². The van der Waals surface area contributed by atoms with Gasteiger partial charge >= 0.3 is 0 Å². The molecule has 2 aromatic rings. The van der Waals surface area contributed by atoms with Crippen molar-refractivity contribution < 1.29 is 19.0 Å². The minimum atomic E-state index is -0.0501. The smallest absolute Gasteiger partial charge is 0.231 e. The summed E-state index contributed by atoms with van der Waals surface area (Å²) in [6.45, 7) is 1.09. The number of methoxy groups -OCH3 is 1. The van der Waals surface area contributed by atoms with Gasteiger partial charge in [0.15, 0.2) is 17.3 Å². The first-order valence-electron chi connectivity index (χ1n) is 8.99. The first-order valence-corrected chi connectivity index (χ1v) is 10.2. The second-order valence-corrected chi connectivity index (χ2v) is 7.70. The fraction of sp³-hybridized carbons (Fsp3) is 0.381. The molecule has 2 aliphatic heterocycles. The SMILES string of the molecule is COc1c2c(cc3c1[C@H](CC(=O)c1ccc(SC)cc1)N(C)CC3)OCO2. The van der Waals surface area contributed by atoms with Crippen molar-refractivity contribution >= 4 is 17.5 Å². The molecule has 0 bridgehead atoms. The number of hydrogen-bond donors (Lipinski definition) is 0. The molecular weight excluding hydrogens is 362 g/mol. The minimum absolute atomic E-state index is 0.0501. The van der Waals surface area contributed by atoms with Gasteiger partial charge in [0.2, 0.25) is 12.5 Å². The summed E-state index contributed by atoms with van der Waals surface area (Å²) in [4.78, 5) is 16.3. The highest BCUT2D eigenvalue weighted by atomic mass is 32.2. The number of thioether (sulfide) groups is 1. The van der Waals surface area contributed by atoms with Crippen LogP contribution in [0.5, 0.6) is 17.2 Å². The zero-order valence-corrected chi connectivity index (χ0v) is 16.6. The third-order valence-electron chi connectivity index (χ3n) is 5.34. The maximum absolute atomic E-state index is 13.0. The molecule has 0 fully saturated rings. The molecule has 6 heteroatoms. The predicted octanol–water partition coefficient (Wildman–Crippen LogP) is 3.95. The fourth-order valence-corrected chi connectivity index (χ4v) is 4.26. The highest BCUT2D eigenvalue weighted by Crippen LogP contribution is 2.50. The first kappa shape index (κ1) is 18.2. The van der Waals surface area contributed by atoms with E-state index < -0.39 is 0 Å². The molecule has 27 heavy (non-hydrogen) atoms. The van der Waals surface area contributed by atoms with Crippen LogP contribution in [0.15, 0.2) is 35.2 Å². The van der Waals surface area contributed by atoms with Crippen LogP contribution in [0.25, 0.3) is 0 Å². The standard InChI is InChI=1S/C21H23NO4S/c1-22-9-8-14-10-18-20(26-12-25-18)21(24-2)19(14)16(22)11-17(23)13-4-6-15(27-3)7-5-13/h4-7,10,16H,8-9,11-12H2,1-3H3/t16-/m0/s1. The van der Waals surface area contributed by atoms with Gasteiger partial charge in [-0.2, -0.15) is 0 Å². The number of carbonyl (C=O) groups is 1. The number of Topliss-reactive ketones (excluding diaryl/α,β-unsaturated/α-hetero) is 1. The van der Waals surface area contributed by atoms with Crippen LogP contribution in [-0.4, -0.2) is 44.4 Å². The Balaban J connectivity index is 1.68. The van der Waals surface area contributed by atoms with Crippen molar-refractivity contribution in [2.45, 2.75) is 23.8 Å². The van der Waals surface area contributed by atoms with Crippen molar-refractivity contribution in [3.63, 3.8) is 0 Å². The van der Waals surface area contributed by atoms with Crippen LogP contribution >= 0.6 is 11.8 Å². The Bertz CT molecular complexity index is 865. The van der Waals surface area contributed by atoms with Gasteiger partial charge in [-0.05, 0) is 43.5 Å². The van der Waals surface area contributed by atoms with Crippen molar-refractivity contribution in [2.24, 2.45) is 0 Å². The average Bonchev–Trinajstić information content (AvgIpc) is 3.16. The molecule has 2 heterocycles. The molecule has 0 N–H and O–H groups in total. The van der Waals surface area contributed by atoms with E-state index in [2.05, 4.69) is 11.9 Å². The Morgan fingerprint density at radius 1 is 1.30 bits per heavy atom. The van der Waals surface area contributed by atoms with Gasteiger partial charge in [-0.1, -0.05) is 12.1 Å². The summed E-state index contributed by atoms with van der Waals surface area (Å²) in [5, 5.41) is 0. The first-order chi connectivity index (χ1) is 13.1. The van der Waals surface area contributed by atoms with Crippen molar-refractivity contribution in [2.75, 3.05) is 33.8 Å². The summed E-state index contributed by atoms with van der Waals surface area (Å²) in [6, 6.07) is 9.80. The molecule has 4 rings (SSSR count). The van der Waals surface area contributed by atoms with E-state index in [4.69, 9.17) is 14.2 Å². The Morgan fingerprint density at radius 2 is 2.07 bits per heavy atom. The van der Waals surface area contributed by atoms with E-state index >= 15 is 0 Å². The predicted molar refractivity (Wildman–Crippen MR) is 105 cm³/mol. The van der Waals surface area contributed by atoms with Crippen LogP contribution in [0.1, 0.15) is 33.9 Å². The molecule has 0 amide bonds. The third kappa shape index (κ3) is 3.28. The number of benzene rings is 2. The molecule has 142 valence electrons. The molecule has 0 aliphatic carbocycles. The molecule has 0 saturated carbocycles. The summed E-state index contributed by atoms with van der Waals surface area (Å²) < 4.78 is 16.9. The topological polar surface area (TPSA) is 48.0 Å². The van der Waals surface area contributed by atoms with Gasteiger partial charge in [0.05, 0.1) is 7.11 Å². The highest BCUT2D eigenvalue weighted by Gasteiger charge is 2.35. The number of likely N-dealkylation sites (N-methyl/N-ethyl adjacent to an activating group) is 1. The number of ketones is 1. The molecular formula is C21H23NO4S. The monoisotopic (exact) mass is 385 g/mol.